The van der Waals surface area contributed by atoms with E-state index in [1.54, 1.807) is 0 Å². The lowest BCUT2D eigenvalue weighted by Gasteiger charge is -2.30. The molecule has 0 amide bonds. The molecule has 0 aliphatic carbocycles. The molecule has 0 saturated carbocycles. The zero-order valence-electron chi connectivity index (χ0n) is 14.9. The molecule has 4 rings (SSSR count). The Labute approximate surface area is 140 Å². The van der Waals surface area contributed by atoms with Crippen LogP contribution in [0, 0.1) is 6.92 Å². The van der Waals surface area contributed by atoms with Crippen LogP contribution in [0.5, 0.6) is 0 Å². The van der Waals surface area contributed by atoms with Crippen molar-refractivity contribution in [2.24, 2.45) is 0 Å². The highest BCUT2D eigenvalue weighted by atomic mass is 15.3. The van der Waals surface area contributed by atoms with Gasteiger partial charge in [-0.2, -0.15) is 0 Å². The molecular weight excluding hydrogens is 284 g/mol. The van der Waals surface area contributed by atoms with Gasteiger partial charge in [0.2, 0.25) is 0 Å². The van der Waals surface area contributed by atoms with Gasteiger partial charge in [-0.25, -0.2) is 4.98 Å². The van der Waals surface area contributed by atoms with E-state index in [1.807, 2.05) is 55.8 Å². The molecule has 1 unspecified atom stereocenters. The molecule has 2 aliphatic heterocycles. The van der Waals surface area contributed by atoms with Crippen LogP contribution in [-0.2, 0) is 0 Å². The molecular formula is C19H30N4. The first kappa shape index (κ1) is 17.4. The van der Waals surface area contributed by atoms with Gasteiger partial charge >= 0.3 is 0 Å². The number of piperidine rings is 1. The van der Waals surface area contributed by atoms with Crippen molar-refractivity contribution in [3.05, 3.63) is 48.2 Å². The number of fused-ring (bicyclic) bond motifs is 2. The molecule has 0 radical (unpaired) electrons. The van der Waals surface area contributed by atoms with Crippen LogP contribution in [0.3, 0.4) is 0 Å². The van der Waals surface area contributed by atoms with Crippen LogP contribution in [0.25, 0.3) is 5.65 Å². The molecule has 4 heterocycles. The molecule has 2 aliphatic rings. The summed E-state index contributed by atoms with van der Waals surface area (Å²) in [5, 5.41) is 3.53. The Morgan fingerprint density at radius 2 is 2.09 bits per heavy atom. The number of hydrogen-bond acceptors (Lipinski definition) is 3. The van der Waals surface area contributed by atoms with Crippen LogP contribution >= 0.6 is 0 Å². The third kappa shape index (κ3) is 4.50. The minimum Gasteiger partial charge on any atom is -0.367 e. The second-order valence-corrected chi connectivity index (χ2v) is 5.75. The Kier molecular flexibility index (Phi) is 6.51. The number of rotatable bonds is 1. The van der Waals surface area contributed by atoms with E-state index in [0.717, 1.165) is 17.8 Å². The van der Waals surface area contributed by atoms with Gasteiger partial charge in [0, 0.05) is 30.8 Å². The van der Waals surface area contributed by atoms with Crippen LogP contribution in [0.15, 0.2) is 42.5 Å². The van der Waals surface area contributed by atoms with Crippen LogP contribution in [0.1, 0.15) is 52.1 Å². The standard InChI is InChI=1S/C9H16N2.C8H8N2.C2H6/c1-2-8-7-11-6-4-3-5-9(11)10-8;1-7-6-10-5-3-2-4-8(10)9-7;1-2/h7,9-10H,2-6H2,1H3;2-6H,1H3;1-2H3. The largest absolute Gasteiger partial charge is 0.367 e. The highest BCUT2D eigenvalue weighted by molar-refractivity contribution is 5.38. The van der Waals surface area contributed by atoms with E-state index in [1.165, 1.54) is 31.5 Å². The van der Waals surface area contributed by atoms with E-state index in [2.05, 4.69) is 28.3 Å². The van der Waals surface area contributed by atoms with Gasteiger partial charge < -0.3 is 14.6 Å². The van der Waals surface area contributed by atoms with E-state index in [0.29, 0.717) is 6.17 Å². The zero-order valence-corrected chi connectivity index (χ0v) is 14.9. The average molecular weight is 314 g/mol. The van der Waals surface area contributed by atoms with Gasteiger partial charge in [0.05, 0.1) is 11.9 Å². The summed E-state index contributed by atoms with van der Waals surface area (Å²) in [5.41, 5.74) is 3.49. The summed E-state index contributed by atoms with van der Waals surface area (Å²) in [6.45, 7) is 9.45. The van der Waals surface area contributed by atoms with Crippen molar-refractivity contribution in [2.75, 3.05) is 6.54 Å². The molecule has 4 heteroatoms. The van der Waals surface area contributed by atoms with Crippen LogP contribution in [0.4, 0.5) is 0 Å². The average Bonchev–Trinajstić information content (AvgIpc) is 3.18. The first-order valence-electron chi connectivity index (χ1n) is 8.89. The van der Waals surface area contributed by atoms with Gasteiger partial charge in [-0.3, -0.25) is 0 Å². The molecule has 23 heavy (non-hydrogen) atoms. The van der Waals surface area contributed by atoms with Gasteiger partial charge in [0.15, 0.2) is 0 Å². The van der Waals surface area contributed by atoms with Gasteiger partial charge in [-0.15, -0.1) is 0 Å². The highest BCUT2D eigenvalue weighted by Crippen LogP contribution is 2.22. The van der Waals surface area contributed by atoms with Crippen molar-refractivity contribution < 1.29 is 0 Å². The number of aryl methyl sites for hydroxylation is 1. The normalized spacial score (nSPS) is 18.9. The Balaban J connectivity index is 0.000000152. The topological polar surface area (TPSA) is 32.6 Å². The lowest BCUT2D eigenvalue weighted by atomic mass is 10.1. The summed E-state index contributed by atoms with van der Waals surface area (Å²) >= 11 is 0. The lowest BCUT2D eigenvalue weighted by molar-refractivity contribution is 0.214. The zero-order chi connectivity index (χ0) is 16.7. The Morgan fingerprint density at radius 1 is 1.26 bits per heavy atom. The number of pyridine rings is 1. The molecule has 0 bridgehead atoms. The summed E-state index contributed by atoms with van der Waals surface area (Å²) in [5.74, 6) is 0. The fourth-order valence-electron chi connectivity index (χ4n) is 2.97. The van der Waals surface area contributed by atoms with Crippen molar-refractivity contribution in [1.82, 2.24) is 19.6 Å². The van der Waals surface area contributed by atoms with Crippen LogP contribution < -0.4 is 5.32 Å². The minimum absolute atomic E-state index is 0.638. The maximum atomic E-state index is 4.28. The molecule has 4 nitrogen and oxygen atoms in total. The molecule has 1 atom stereocenters. The number of nitrogens with one attached hydrogen (secondary N) is 1. The molecule has 0 aromatic carbocycles. The Bertz CT molecular complexity index is 596. The highest BCUT2D eigenvalue weighted by Gasteiger charge is 2.24. The minimum atomic E-state index is 0.638. The van der Waals surface area contributed by atoms with E-state index in [-0.39, 0.29) is 0 Å². The smallest absolute Gasteiger partial charge is 0.136 e. The summed E-state index contributed by atoms with van der Waals surface area (Å²) in [4.78, 5) is 6.72. The quantitative estimate of drug-likeness (QED) is 0.851. The van der Waals surface area contributed by atoms with Crippen LogP contribution in [-0.4, -0.2) is 27.0 Å². The monoisotopic (exact) mass is 314 g/mol. The fourth-order valence-corrected chi connectivity index (χ4v) is 2.97. The first-order chi connectivity index (χ1) is 11.3. The van der Waals surface area contributed by atoms with Crippen molar-refractivity contribution in [1.29, 1.82) is 0 Å². The Hall–Kier alpha value is -1.97. The van der Waals surface area contributed by atoms with Crippen molar-refractivity contribution >= 4 is 5.65 Å². The van der Waals surface area contributed by atoms with E-state index < -0.39 is 0 Å². The molecule has 1 fully saturated rings. The number of hydrogen-bond donors (Lipinski definition) is 1. The summed E-state index contributed by atoms with van der Waals surface area (Å²) in [6.07, 6.45) is 12.2. The predicted molar refractivity (Wildman–Crippen MR) is 97.1 cm³/mol. The van der Waals surface area contributed by atoms with Gasteiger partial charge in [0.1, 0.15) is 5.65 Å². The van der Waals surface area contributed by atoms with Gasteiger partial charge in [-0.05, 0) is 44.7 Å². The molecule has 1 N–H and O–H groups in total. The number of imidazole rings is 1. The van der Waals surface area contributed by atoms with Gasteiger partial charge in [-0.1, -0.05) is 26.8 Å². The van der Waals surface area contributed by atoms with Crippen molar-refractivity contribution in [3.63, 3.8) is 0 Å². The van der Waals surface area contributed by atoms with E-state index in [4.69, 9.17) is 0 Å². The molecule has 2 aromatic heterocycles. The third-order valence-electron chi connectivity index (χ3n) is 4.08. The SMILES string of the molecule is CC.CCC1=CN2CCCCC2N1.Cc1cn2ccccc2n1. The Morgan fingerprint density at radius 3 is 2.78 bits per heavy atom. The lowest BCUT2D eigenvalue weighted by Crippen LogP contribution is -2.39. The predicted octanol–water partition coefficient (Wildman–Crippen LogP) is 4.32. The van der Waals surface area contributed by atoms with E-state index in [9.17, 15) is 0 Å². The third-order valence-corrected chi connectivity index (χ3v) is 4.08. The summed E-state index contributed by atoms with van der Waals surface area (Å²) in [6, 6.07) is 5.98. The first-order valence-corrected chi connectivity index (χ1v) is 8.89. The van der Waals surface area contributed by atoms with Gasteiger partial charge in [0.25, 0.3) is 0 Å². The number of aromatic nitrogens is 2. The maximum Gasteiger partial charge on any atom is 0.136 e. The van der Waals surface area contributed by atoms with Crippen LogP contribution in [0.2, 0.25) is 0 Å². The second-order valence-electron chi connectivity index (χ2n) is 5.75. The number of allylic oxidation sites excluding steroid dienone is 1. The van der Waals surface area contributed by atoms with Crippen molar-refractivity contribution in [3.8, 4) is 0 Å². The van der Waals surface area contributed by atoms with Crippen molar-refractivity contribution in [2.45, 2.75) is 59.5 Å². The fraction of sp³-hybridized carbons (Fsp3) is 0.526. The molecule has 0 spiro atoms. The number of nitrogens with zero attached hydrogens (tertiary/aromatic N) is 3. The summed E-state index contributed by atoms with van der Waals surface area (Å²) < 4.78 is 2.01. The maximum absolute atomic E-state index is 4.28. The molecule has 2 aromatic rings. The summed E-state index contributed by atoms with van der Waals surface area (Å²) in [7, 11) is 0. The second kappa shape index (κ2) is 8.61. The molecule has 1 saturated heterocycles. The van der Waals surface area contributed by atoms with E-state index >= 15 is 0 Å². The molecule has 126 valence electrons.